The maximum atomic E-state index is 12.9. The lowest BCUT2D eigenvalue weighted by atomic mass is 9.72. The number of aryl methyl sites for hydroxylation is 2. The molecule has 1 nitrogen and oxygen atoms in total. The van der Waals surface area contributed by atoms with Gasteiger partial charge < -0.3 is 0 Å². The first-order chi connectivity index (χ1) is 9.50. The van der Waals surface area contributed by atoms with Crippen molar-refractivity contribution in [3.8, 4) is 0 Å². The SMILES string of the molecule is Cc1cc(C)c(C)c(C(=O)C2Cc3ccccc32)c1C. The normalized spacial score (nSPS) is 16.5. The first-order valence-electron chi connectivity index (χ1n) is 7.20. The minimum Gasteiger partial charge on any atom is -0.293 e. The molecule has 3 rings (SSSR count). The van der Waals surface area contributed by atoms with Crippen LogP contribution in [0.2, 0.25) is 0 Å². The van der Waals surface area contributed by atoms with E-state index in [1.165, 1.54) is 22.3 Å². The molecule has 1 heteroatoms. The molecule has 102 valence electrons. The second-order valence-electron chi connectivity index (χ2n) is 5.96. The highest BCUT2D eigenvalue weighted by molar-refractivity contribution is 6.05. The summed E-state index contributed by atoms with van der Waals surface area (Å²) in [4.78, 5) is 12.9. The van der Waals surface area contributed by atoms with Gasteiger partial charge in [-0.2, -0.15) is 0 Å². The van der Waals surface area contributed by atoms with E-state index in [0.29, 0.717) is 5.78 Å². The Kier molecular flexibility index (Phi) is 3.01. The number of hydrogen-bond donors (Lipinski definition) is 0. The smallest absolute Gasteiger partial charge is 0.171 e. The molecular weight excluding hydrogens is 244 g/mol. The van der Waals surface area contributed by atoms with Gasteiger partial charge in [0.25, 0.3) is 0 Å². The van der Waals surface area contributed by atoms with Gasteiger partial charge >= 0.3 is 0 Å². The van der Waals surface area contributed by atoms with Gasteiger partial charge in [-0.3, -0.25) is 4.79 Å². The van der Waals surface area contributed by atoms with E-state index in [4.69, 9.17) is 0 Å². The summed E-state index contributed by atoms with van der Waals surface area (Å²) in [5, 5.41) is 0. The summed E-state index contributed by atoms with van der Waals surface area (Å²) in [5.74, 6) is 0.357. The molecule has 0 amide bonds. The van der Waals surface area contributed by atoms with Gasteiger partial charge in [0.15, 0.2) is 5.78 Å². The standard InChI is InChI=1S/C19H20O/c1-11-9-12(2)14(4)18(13(11)3)19(20)17-10-15-7-5-6-8-16(15)17/h5-9,17H,10H2,1-4H3. The molecule has 1 aliphatic rings. The zero-order valence-corrected chi connectivity index (χ0v) is 12.6. The minimum absolute atomic E-state index is 0.0600. The molecule has 1 aliphatic carbocycles. The van der Waals surface area contributed by atoms with Gasteiger partial charge in [-0.05, 0) is 67.5 Å². The fourth-order valence-corrected chi connectivity index (χ4v) is 3.25. The molecule has 0 N–H and O–H groups in total. The number of carbonyl (C=O) groups is 1. The van der Waals surface area contributed by atoms with E-state index in [2.05, 4.69) is 45.9 Å². The molecule has 0 aliphatic heterocycles. The number of carbonyl (C=O) groups excluding carboxylic acids is 1. The molecule has 2 aromatic rings. The second-order valence-corrected chi connectivity index (χ2v) is 5.96. The molecule has 20 heavy (non-hydrogen) atoms. The minimum atomic E-state index is 0.0600. The van der Waals surface area contributed by atoms with Crippen LogP contribution in [-0.2, 0) is 6.42 Å². The zero-order chi connectivity index (χ0) is 14.4. The average molecular weight is 264 g/mol. The Bertz CT molecular complexity index is 684. The van der Waals surface area contributed by atoms with E-state index < -0.39 is 0 Å². The highest BCUT2D eigenvalue weighted by atomic mass is 16.1. The van der Waals surface area contributed by atoms with Gasteiger partial charge in [-0.1, -0.05) is 30.3 Å². The van der Waals surface area contributed by atoms with Crippen molar-refractivity contribution in [1.82, 2.24) is 0 Å². The van der Waals surface area contributed by atoms with Crippen molar-refractivity contribution in [1.29, 1.82) is 0 Å². The molecular formula is C19H20O. The van der Waals surface area contributed by atoms with Gasteiger partial charge in [0.1, 0.15) is 0 Å². The third-order valence-corrected chi connectivity index (χ3v) is 4.78. The fraction of sp³-hybridized carbons (Fsp3) is 0.316. The van der Waals surface area contributed by atoms with Crippen molar-refractivity contribution >= 4 is 5.78 Å². The molecule has 0 heterocycles. The number of ketones is 1. The lowest BCUT2D eigenvalue weighted by molar-refractivity contribution is 0.0947. The highest BCUT2D eigenvalue weighted by Gasteiger charge is 2.33. The Hall–Kier alpha value is -1.89. The molecule has 1 atom stereocenters. The number of Topliss-reactive ketones (excluding diaryl/α,β-unsaturated/α-hetero) is 1. The summed E-state index contributed by atoms with van der Waals surface area (Å²) in [6, 6.07) is 10.5. The maximum absolute atomic E-state index is 12.9. The van der Waals surface area contributed by atoms with Gasteiger partial charge in [0.2, 0.25) is 0 Å². The molecule has 2 aromatic carbocycles. The van der Waals surface area contributed by atoms with Crippen molar-refractivity contribution in [3.05, 3.63) is 69.3 Å². The van der Waals surface area contributed by atoms with Crippen LogP contribution in [0.25, 0.3) is 0 Å². The first-order valence-corrected chi connectivity index (χ1v) is 7.20. The van der Waals surface area contributed by atoms with Crippen LogP contribution in [-0.4, -0.2) is 5.78 Å². The van der Waals surface area contributed by atoms with E-state index in [0.717, 1.165) is 23.1 Å². The van der Waals surface area contributed by atoms with Crippen molar-refractivity contribution in [2.24, 2.45) is 0 Å². The average Bonchev–Trinajstić information content (AvgIpc) is 2.38. The monoisotopic (exact) mass is 264 g/mol. The van der Waals surface area contributed by atoms with Gasteiger partial charge in [-0.15, -0.1) is 0 Å². The molecule has 0 radical (unpaired) electrons. The maximum Gasteiger partial charge on any atom is 0.171 e. The summed E-state index contributed by atoms with van der Waals surface area (Å²) >= 11 is 0. The number of fused-ring (bicyclic) bond motifs is 1. The van der Waals surface area contributed by atoms with Gasteiger partial charge in [0, 0.05) is 5.56 Å². The quantitative estimate of drug-likeness (QED) is 0.733. The van der Waals surface area contributed by atoms with Crippen LogP contribution < -0.4 is 0 Å². The fourth-order valence-electron chi connectivity index (χ4n) is 3.25. The van der Waals surface area contributed by atoms with Crippen molar-refractivity contribution in [2.75, 3.05) is 0 Å². The Morgan fingerprint density at radius 3 is 2.20 bits per heavy atom. The summed E-state index contributed by atoms with van der Waals surface area (Å²) < 4.78 is 0. The molecule has 0 spiro atoms. The second kappa shape index (κ2) is 4.59. The lowest BCUT2D eigenvalue weighted by Gasteiger charge is -2.30. The highest BCUT2D eigenvalue weighted by Crippen LogP contribution is 2.38. The molecule has 0 aromatic heterocycles. The van der Waals surface area contributed by atoms with Gasteiger partial charge in [0.05, 0.1) is 5.92 Å². The van der Waals surface area contributed by atoms with E-state index in [1.807, 2.05) is 12.1 Å². The predicted octanol–water partition coefficient (Wildman–Crippen LogP) is 4.44. The summed E-state index contributed by atoms with van der Waals surface area (Å²) in [6.07, 6.45) is 0.890. The third-order valence-electron chi connectivity index (χ3n) is 4.78. The number of benzene rings is 2. The Balaban J connectivity index is 2.06. The molecule has 0 fully saturated rings. The van der Waals surface area contributed by atoms with Crippen LogP contribution in [0.3, 0.4) is 0 Å². The van der Waals surface area contributed by atoms with E-state index >= 15 is 0 Å². The van der Waals surface area contributed by atoms with Crippen LogP contribution >= 0.6 is 0 Å². The summed E-state index contributed by atoms with van der Waals surface area (Å²) in [5.41, 5.74) is 8.20. The summed E-state index contributed by atoms with van der Waals surface area (Å²) in [6.45, 7) is 8.32. The van der Waals surface area contributed by atoms with Gasteiger partial charge in [-0.25, -0.2) is 0 Å². The largest absolute Gasteiger partial charge is 0.293 e. The number of rotatable bonds is 2. The topological polar surface area (TPSA) is 17.1 Å². The van der Waals surface area contributed by atoms with Crippen LogP contribution in [0.15, 0.2) is 30.3 Å². The van der Waals surface area contributed by atoms with Crippen molar-refractivity contribution < 1.29 is 4.79 Å². The predicted molar refractivity (Wildman–Crippen MR) is 82.6 cm³/mol. The lowest BCUT2D eigenvalue weighted by Crippen LogP contribution is -2.26. The number of hydrogen-bond acceptors (Lipinski definition) is 1. The molecule has 0 saturated heterocycles. The van der Waals surface area contributed by atoms with E-state index in [1.54, 1.807) is 0 Å². The van der Waals surface area contributed by atoms with Crippen LogP contribution in [0.5, 0.6) is 0 Å². The first kappa shape index (κ1) is 13.1. The van der Waals surface area contributed by atoms with Crippen molar-refractivity contribution in [3.63, 3.8) is 0 Å². The Labute approximate surface area is 120 Å². The molecule has 0 bridgehead atoms. The van der Waals surface area contributed by atoms with E-state index in [9.17, 15) is 4.79 Å². The van der Waals surface area contributed by atoms with E-state index in [-0.39, 0.29) is 5.92 Å². The van der Waals surface area contributed by atoms with Crippen LogP contribution in [0, 0.1) is 27.7 Å². The zero-order valence-electron chi connectivity index (χ0n) is 12.6. The molecule has 0 saturated carbocycles. The van der Waals surface area contributed by atoms with Crippen LogP contribution in [0.4, 0.5) is 0 Å². The van der Waals surface area contributed by atoms with Crippen molar-refractivity contribution in [2.45, 2.75) is 40.0 Å². The molecule has 1 unspecified atom stereocenters. The Morgan fingerprint density at radius 2 is 1.60 bits per heavy atom. The Morgan fingerprint density at radius 1 is 1.00 bits per heavy atom. The third kappa shape index (κ3) is 1.81. The van der Waals surface area contributed by atoms with Crippen LogP contribution in [0.1, 0.15) is 49.7 Å². The summed E-state index contributed by atoms with van der Waals surface area (Å²) in [7, 11) is 0.